The van der Waals surface area contributed by atoms with Crippen LogP contribution in [0.3, 0.4) is 0 Å². The van der Waals surface area contributed by atoms with Crippen LogP contribution in [0.25, 0.3) is 0 Å². The number of carbonyl (C=O) groups excluding carboxylic acids is 1. The normalized spacial score (nSPS) is 19.8. The number of halogens is 1. The third kappa shape index (κ3) is 5.30. The molecule has 0 aliphatic carbocycles. The minimum Gasteiger partial charge on any atom is -0.491 e. The fourth-order valence-electron chi connectivity index (χ4n) is 3.39. The predicted octanol–water partition coefficient (Wildman–Crippen LogP) is 4.31. The minimum atomic E-state index is -0.189. The van der Waals surface area contributed by atoms with E-state index in [0.717, 1.165) is 5.56 Å². The second-order valence-corrected chi connectivity index (χ2v) is 8.81. The molecule has 0 bridgehead atoms. The number of rotatable bonds is 5. The van der Waals surface area contributed by atoms with Crippen molar-refractivity contribution in [3.05, 3.63) is 64.7 Å². The van der Waals surface area contributed by atoms with E-state index in [2.05, 4.69) is 20.8 Å². The maximum atomic E-state index is 13.5. The lowest BCUT2D eigenvalue weighted by molar-refractivity contribution is -0.119. The van der Waals surface area contributed by atoms with E-state index in [1.54, 1.807) is 18.2 Å². The Labute approximate surface area is 177 Å². The summed E-state index contributed by atoms with van der Waals surface area (Å²) in [5, 5.41) is 0.494. The molecule has 2 N–H and O–H groups in total. The summed E-state index contributed by atoms with van der Waals surface area (Å²) in [5.74, 6) is 0.387. The Morgan fingerprint density at radius 3 is 2.59 bits per heavy atom. The van der Waals surface area contributed by atoms with Gasteiger partial charge in [0, 0.05) is 18.1 Å². The molecular weight excluding hydrogens is 388 g/mol. The molecule has 1 heterocycles. The van der Waals surface area contributed by atoms with Crippen molar-refractivity contribution in [2.75, 3.05) is 26.2 Å². The quantitative estimate of drug-likeness (QED) is 0.788. The Bertz CT molecular complexity index is 836. The van der Waals surface area contributed by atoms with Gasteiger partial charge >= 0.3 is 0 Å². The van der Waals surface area contributed by atoms with Crippen molar-refractivity contribution in [1.29, 1.82) is 0 Å². The monoisotopic (exact) mass is 416 g/mol. The second kappa shape index (κ2) is 9.16. The van der Waals surface area contributed by atoms with Crippen molar-refractivity contribution >= 4 is 17.5 Å². The van der Waals surface area contributed by atoms with Crippen molar-refractivity contribution in [2.24, 2.45) is 11.1 Å². The number of carbonyl (C=O) groups is 1. The van der Waals surface area contributed by atoms with E-state index in [9.17, 15) is 4.79 Å². The molecule has 156 valence electrons. The Morgan fingerprint density at radius 1 is 1.21 bits per heavy atom. The highest BCUT2D eigenvalue weighted by Crippen LogP contribution is 2.35. The van der Waals surface area contributed by atoms with Gasteiger partial charge in [0.15, 0.2) is 0 Å². The van der Waals surface area contributed by atoms with Gasteiger partial charge in [-0.25, -0.2) is 0 Å². The molecule has 1 amide bonds. The van der Waals surface area contributed by atoms with Crippen molar-refractivity contribution in [1.82, 2.24) is 4.90 Å². The summed E-state index contributed by atoms with van der Waals surface area (Å²) in [7, 11) is 0. The maximum absolute atomic E-state index is 13.5. The molecule has 29 heavy (non-hydrogen) atoms. The van der Waals surface area contributed by atoms with Gasteiger partial charge in [-0.05, 0) is 29.2 Å². The van der Waals surface area contributed by atoms with E-state index in [-0.39, 0.29) is 23.5 Å². The number of benzene rings is 2. The average Bonchev–Trinajstić information content (AvgIpc) is 2.72. The summed E-state index contributed by atoms with van der Waals surface area (Å²) in [4.78, 5) is 15.3. The number of nitrogens with zero attached hydrogens (tertiary/aromatic N) is 1. The van der Waals surface area contributed by atoms with E-state index < -0.39 is 0 Å². The largest absolute Gasteiger partial charge is 0.491 e. The molecular formula is C23H29ClN2O3. The lowest BCUT2D eigenvalue weighted by Gasteiger charge is -2.43. The first-order valence-electron chi connectivity index (χ1n) is 9.91. The number of hydrogen-bond donors (Lipinski definition) is 1. The van der Waals surface area contributed by atoms with Crippen LogP contribution in [0.2, 0.25) is 5.02 Å². The summed E-state index contributed by atoms with van der Waals surface area (Å²) in [6, 6.07) is 15.1. The van der Waals surface area contributed by atoms with Crippen molar-refractivity contribution in [3.63, 3.8) is 0 Å². The van der Waals surface area contributed by atoms with Crippen molar-refractivity contribution in [3.8, 4) is 5.75 Å². The zero-order valence-electron chi connectivity index (χ0n) is 17.2. The molecule has 0 spiro atoms. The van der Waals surface area contributed by atoms with Crippen LogP contribution in [0.1, 0.15) is 42.8 Å². The van der Waals surface area contributed by atoms with Crippen LogP contribution >= 0.6 is 11.6 Å². The van der Waals surface area contributed by atoms with Gasteiger partial charge in [-0.2, -0.15) is 0 Å². The van der Waals surface area contributed by atoms with E-state index in [0.29, 0.717) is 42.6 Å². The van der Waals surface area contributed by atoms with E-state index in [1.165, 1.54) is 0 Å². The third-order valence-corrected chi connectivity index (χ3v) is 5.31. The van der Waals surface area contributed by atoms with Crippen LogP contribution in [-0.4, -0.2) is 43.2 Å². The number of morpholine rings is 1. The SMILES string of the molecule is CC(C)(C)[C@H]1CN(C(=O)c2cc(Cl)ccc2OCCN)C[C@@H](c2ccccc2)O1. The number of hydrogen-bond acceptors (Lipinski definition) is 4. The molecule has 0 radical (unpaired) electrons. The van der Waals surface area contributed by atoms with Crippen LogP contribution in [0, 0.1) is 5.41 Å². The number of ether oxygens (including phenoxy) is 2. The molecule has 0 saturated carbocycles. The lowest BCUT2D eigenvalue weighted by atomic mass is 9.87. The van der Waals surface area contributed by atoms with Gasteiger partial charge in [0.2, 0.25) is 0 Å². The first-order valence-corrected chi connectivity index (χ1v) is 10.3. The topological polar surface area (TPSA) is 64.8 Å². The standard InChI is InChI=1S/C23H29ClN2O3/c1-23(2,3)21-15-26(14-20(29-21)16-7-5-4-6-8-16)22(27)18-13-17(24)9-10-19(18)28-12-11-25/h4-10,13,20-21H,11-12,14-15,25H2,1-3H3/t20-,21+/m0/s1. The Balaban J connectivity index is 1.91. The molecule has 2 aromatic rings. The molecule has 1 fully saturated rings. The van der Waals surface area contributed by atoms with Gasteiger partial charge in [-0.3, -0.25) is 4.79 Å². The molecule has 6 heteroatoms. The zero-order chi connectivity index (χ0) is 21.0. The summed E-state index contributed by atoms with van der Waals surface area (Å²) in [5.41, 5.74) is 6.96. The Hall–Kier alpha value is -2.08. The summed E-state index contributed by atoms with van der Waals surface area (Å²) >= 11 is 6.18. The van der Waals surface area contributed by atoms with Crippen LogP contribution in [-0.2, 0) is 4.74 Å². The highest BCUT2D eigenvalue weighted by molar-refractivity contribution is 6.31. The van der Waals surface area contributed by atoms with Crippen LogP contribution in [0.4, 0.5) is 0 Å². The second-order valence-electron chi connectivity index (χ2n) is 8.38. The summed E-state index contributed by atoms with van der Waals surface area (Å²) in [6.45, 7) is 8.07. The van der Waals surface area contributed by atoms with E-state index in [1.807, 2.05) is 35.2 Å². The van der Waals surface area contributed by atoms with Gasteiger partial charge in [-0.1, -0.05) is 62.7 Å². The van der Waals surface area contributed by atoms with Crippen molar-refractivity contribution < 1.29 is 14.3 Å². The molecule has 2 atom stereocenters. The van der Waals surface area contributed by atoms with Crippen LogP contribution in [0.5, 0.6) is 5.75 Å². The molecule has 0 unspecified atom stereocenters. The molecule has 0 aromatic heterocycles. The predicted molar refractivity (Wildman–Crippen MR) is 115 cm³/mol. The lowest BCUT2D eigenvalue weighted by Crippen LogP contribution is -2.51. The molecule has 5 nitrogen and oxygen atoms in total. The third-order valence-electron chi connectivity index (χ3n) is 5.07. The van der Waals surface area contributed by atoms with Gasteiger partial charge in [0.05, 0.1) is 18.2 Å². The fourth-order valence-corrected chi connectivity index (χ4v) is 3.56. The van der Waals surface area contributed by atoms with Crippen LogP contribution < -0.4 is 10.5 Å². The molecule has 1 aliphatic heterocycles. The van der Waals surface area contributed by atoms with Gasteiger partial charge < -0.3 is 20.1 Å². The van der Waals surface area contributed by atoms with Gasteiger partial charge in [0.1, 0.15) is 18.5 Å². The molecule has 1 aliphatic rings. The Kier molecular flexibility index (Phi) is 6.83. The van der Waals surface area contributed by atoms with Crippen LogP contribution in [0.15, 0.2) is 48.5 Å². The fraction of sp³-hybridized carbons (Fsp3) is 0.435. The minimum absolute atomic E-state index is 0.0991. The van der Waals surface area contributed by atoms with Crippen molar-refractivity contribution in [2.45, 2.75) is 33.0 Å². The Morgan fingerprint density at radius 2 is 1.93 bits per heavy atom. The summed E-state index contributed by atoms with van der Waals surface area (Å²) in [6.07, 6.45) is -0.288. The average molecular weight is 417 g/mol. The first-order chi connectivity index (χ1) is 13.8. The highest BCUT2D eigenvalue weighted by atomic mass is 35.5. The maximum Gasteiger partial charge on any atom is 0.257 e. The zero-order valence-corrected chi connectivity index (χ0v) is 18.0. The highest BCUT2D eigenvalue weighted by Gasteiger charge is 2.38. The van der Waals surface area contributed by atoms with E-state index in [4.69, 9.17) is 26.8 Å². The number of nitrogens with two attached hydrogens (primary N) is 1. The van der Waals surface area contributed by atoms with Gasteiger partial charge in [-0.15, -0.1) is 0 Å². The number of amides is 1. The smallest absolute Gasteiger partial charge is 0.257 e. The molecule has 3 rings (SSSR count). The van der Waals surface area contributed by atoms with E-state index >= 15 is 0 Å². The van der Waals surface area contributed by atoms with Gasteiger partial charge in [0.25, 0.3) is 5.91 Å². The first kappa shape index (κ1) is 21.6. The molecule has 2 aromatic carbocycles. The summed E-state index contributed by atoms with van der Waals surface area (Å²) < 4.78 is 12.1. The molecule has 1 saturated heterocycles.